The van der Waals surface area contributed by atoms with Crippen molar-refractivity contribution in [3.05, 3.63) is 47.5 Å². The van der Waals surface area contributed by atoms with E-state index in [1.54, 1.807) is 39.3 Å². The Morgan fingerprint density at radius 2 is 1.61 bits per heavy atom. The number of hydrogen-bond donors (Lipinski definition) is 2. The predicted octanol–water partition coefficient (Wildman–Crippen LogP) is 4.28. The van der Waals surface area contributed by atoms with Gasteiger partial charge in [-0.05, 0) is 49.4 Å². The molecule has 0 unspecified atom stereocenters. The number of methoxy groups -OCH3 is 2. The number of carbonyl (C=O) groups is 1. The first-order valence-corrected chi connectivity index (χ1v) is 11.9. The molecule has 0 saturated heterocycles. The van der Waals surface area contributed by atoms with E-state index in [9.17, 15) is 13.6 Å². The topological polar surface area (TPSA) is 88.6 Å². The van der Waals surface area contributed by atoms with Crippen LogP contribution in [0.4, 0.5) is 20.5 Å². The quantitative estimate of drug-likeness (QED) is 0.478. The summed E-state index contributed by atoms with van der Waals surface area (Å²) in [6.45, 7) is 0.389. The van der Waals surface area contributed by atoms with Gasteiger partial charge in [-0.15, -0.1) is 0 Å². The number of carbonyl (C=O) groups excluding carboxylic acids is 1. The zero-order chi connectivity index (χ0) is 25.8. The highest BCUT2D eigenvalue weighted by atomic mass is 19.2. The second-order valence-electron chi connectivity index (χ2n) is 9.18. The van der Waals surface area contributed by atoms with Gasteiger partial charge < -0.3 is 25.0 Å². The highest BCUT2D eigenvalue weighted by molar-refractivity contribution is 5.90. The number of fused-ring (bicyclic) bond motifs is 1. The van der Waals surface area contributed by atoms with Crippen molar-refractivity contribution in [2.24, 2.45) is 5.92 Å². The van der Waals surface area contributed by atoms with E-state index < -0.39 is 11.6 Å². The Morgan fingerprint density at radius 3 is 2.22 bits per heavy atom. The number of benzene rings is 2. The van der Waals surface area contributed by atoms with Crippen LogP contribution in [-0.4, -0.2) is 50.2 Å². The number of hydrogen-bond acceptors (Lipinski definition) is 7. The standard InChI is InChI=1S/C26H31F2N5O3/c1-33(2)24-20-12-21(27)22(28)13-23(20)31-26(32-24)30-17-7-5-16(6-8-17)25(34)29-14-15-9-18(35-3)11-19(10-15)36-4/h9-13,16-17H,5-8,14H2,1-4H3,(H,29,34)(H,30,31,32)/t16-,17+. The fourth-order valence-corrected chi connectivity index (χ4v) is 4.50. The normalized spacial score (nSPS) is 17.5. The molecule has 4 rings (SSSR count). The van der Waals surface area contributed by atoms with Gasteiger partial charge in [0.05, 0.1) is 19.7 Å². The van der Waals surface area contributed by atoms with Crippen LogP contribution in [0.25, 0.3) is 10.9 Å². The highest BCUT2D eigenvalue weighted by Gasteiger charge is 2.27. The van der Waals surface area contributed by atoms with Crippen LogP contribution in [0.5, 0.6) is 11.5 Å². The van der Waals surface area contributed by atoms with Crippen molar-refractivity contribution in [1.29, 1.82) is 0 Å². The molecule has 1 amide bonds. The van der Waals surface area contributed by atoms with E-state index in [2.05, 4.69) is 20.6 Å². The predicted molar refractivity (Wildman–Crippen MR) is 135 cm³/mol. The van der Waals surface area contributed by atoms with E-state index in [0.717, 1.165) is 43.4 Å². The number of nitrogens with zero attached hydrogens (tertiary/aromatic N) is 3. The van der Waals surface area contributed by atoms with Gasteiger partial charge in [0, 0.05) is 50.1 Å². The third-order valence-electron chi connectivity index (χ3n) is 6.45. The summed E-state index contributed by atoms with van der Waals surface area (Å²) in [5.74, 6) is 0.262. The fourth-order valence-electron chi connectivity index (χ4n) is 4.50. The van der Waals surface area contributed by atoms with Gasteiger partial charge in [0.25, 0.3) is 0 Å². The lowest BCUT2D eigenvalue weighted by atomic mass is 9.85. The molecule has 2 N–H and O–H groups in total. The van der Waals surface area contributed by atoms with Gasteiger partial charge in [0.1, 0.15) is 17.3 Å². The van der Waals surface area contributed by atoms with Crippen LogP contribution in [0.2, 0.25) is 0 Å². The zero-order valence-electron chi connectivity index (χ0n) is 20.9. The molecule has 36 heavy (non-hydrogen) atoms. The molecular weight excluding hydrogens is 468 g/mol. The average molecular weight is 500 g/mol. The third kappa shape index (κ3) is 5.75. The highest BCUT2D eigenvalue weighted by Crippen LogP contribution is 2.30. The largest absolute Gasteiger partial charge is 0.497 e. The van der Waals surface area contributed by atoms with E-state index in [0.29, 0.717) is 40.7 Å². The van der Waals surface area contributed by atoms with E-state index in [1.807, 2.05) is 12.1 Å². The zero-order valence-corrected chi connectivity index (χ0v) is 20.9. The molecule has 0 bridgehead atoms. The van der Waals surface area contributed by atoms with Gasteiger partial charge in [-0.1, -0.05) is 0 Å². The van der Waals surface area contributed by atoms with Crippen molar-refractivity contribution >= 4 is 28.6 Å². The number of halogens is 2. The molecule has 0 spiro atoms. The summed E-state index contributed by atoms with van der Waals surface area (Å²) in [6, 6.07) is 7.81. The molecule has 2 aromatic carbocycles. The first-order valence-electron chi connectivity index (χ1n) is 11.9. The lowest BCUT2D eigenvalue weighted by Crippen LogP contribution is -2.36. The number of aromatic nitrogens is 2. The van der Waals surface area contributed by atoms with Gasteiger partial charge in [-0.2, -0.15) is 4.98 Å². The fraction of sp³-hybridized carbons (Fsp3) is 0.423. The number of amides is 1. The summed E-state index contributed by atoms with van der Waals surface area (Å²) < 4.78 is 38.2. The molecule has 1 aliphatic rings. The van der Waals surface area contributed by atoms with Gasteiger partial charge in [-0.25, -0.2) is 13.8 Å². The minimum absolute atomic E-state index is 0.0181. The Labute approximate surface area is 209 Å². The minimum Gasteiger partial charge on any atom is -0.497 e. The maximum absolute atomic E-state index is 13.8. The Morgan fingerprint density at radius 1 is 0.972 bits per heavy atom. The van der Waals surface area contributed by atoms with Crippen LogP contribution in [0, 0.1) is 17.6 Å². The molecule has 3 aromatic rings. The maximum atomic E-state index is 13.8. The molecule has 10 heteroatoms. The maximum Gasteiger partial charge on any atom is 0.225 e. The van der Waals surface area contributed by atoms with Crippen molar-refractivity contribution in [2.45, 2.75) is 38.3 Å². The molecule has 192 valence electrons. The molecule has 1 aromatic heterocycles. The molecular formula is C26H31F2N5O3. The third-order valence-corrected chi connectivity index (χ3v) is 6.45. The van der Waals surface area contributed by atoms with Crippen LogP contribution in [0.3, 0.4) is 0 Å². The Bertz CT molecular complexity index is 1220. The van der Waals surface area contributed by atoms with Gasteiger partial charge in [-0.3, -0.25) is 4.79 Å². The Kier molecular flexibility index (Phi) is 7.71. The molecule has 1 heterocycles. The number of rotatable bonds is 8. The number of anilines is 2. The first kappa shape index (κ1) is 25.4. The number of ether oxygens (including phenoxy) is 2. The van der Waals surface area contributed by atoms with Crippen LogP contribution in [0.15, 0.2) is 30.3 Å². The summed E-state index contributed by atoms with van der Waals surface area (Å²) in [5, 5.41) is 6.78. The summed E-state index contributed by atoms with van der Waals surface area (Å²) >= 11 is 0. The molecule has 0 aliphatic heterocycles. The molecule has 0 radical (unpaired) electrons. The second kappa shape index (κ2) is 10.9. The van der Waals surface area contributed by atoms with Crippen molar-refractivity contribution in [2.75, 3.05) is 38.5 Å². The van der Waals surface area contributed by atoms with Crippen LogP contribution >= 0.6 is 0 Å². The molecule has 1 aliphatic carbocycles. The van der Waals surface area contributed by atoms with Crippen molar-refractivity contribution in [3.63, 3.8) is 0 Å². The second-order valence-corrected chi connectivity index (χ2v) is 9.18. The molecule has 1 fully saturated rings. The van der Waals surface area contributed by atoms with Gasteiger partial charge >= 0.3 is 0 Å². The van der Waals surface area contributed by atoms with E-state index >= 15 is 0 Å². The van der Waals surface area contributed by atoms with E-state index in [4.69, 9.17) is 9.47 Å². The van der Waals surface area contributed by atoms with E-state index in [1.165, 1.54) is 0 Å². The Balaban J connectivity index is 1.36. The van der Waals surface area contributed by atoms with Crippen LogP contribution < -0.4 is 25.0 Å². The summed E-state index contributed by atoms with van der Waals surface area (Å²) in [6.07, 6.45) is 2.97. The molecule has 0 atom stereocenters. The summed E-state index contributed by atoms with van der Waals surface area (Å²) in [5.41, 5.74) is 1.23. The SMILES string of the molecule is COc1cc(CNC(=O)[C@H]2CC[C@@H](Nc3nc(N(C)C)c4cc(F)c(F)cc4n3)CC2)cc(OC)c1. The van der Waals surface area contributed by atoms with Crippen LogP contribution in [0.1, 0.15) is 31.2 Å². The molecule has 8 nitrogen and oxygen atoms in total. The van der Waals surface area contributed by atoms with Crippen LogP contribution in [-0.2, 0) is 11.3 Å². The minimum atomic E-state index is -0.948. The molecule has 1 saturated carbocycles. The van der Waals surface area contributed by atoms with Crippen molar-refractivity contribution in [3.8, 4) is 11.5 Å². The Hall–Kier alpha value is -3.69. The summed E-state index contributed by atoms with van der Waals surface area (Å²) in [7, 11) is 6.76. The van der Waals surface area contributed by atoms with E-state index in [-0.39, 0.29) is 17.9 Å². The average Bonchev–Trinajstić information content (AvgIpc) is 2.87. The smallest absolute Gasteiger partial charge is 0.225 e. The van der Waals surface area contributed by atoms with Crippen molar-refractivity contribution in [1.82, 2.24) is 15.3 Å². The monoisotopic (exact) mass is 499 g/mol. The van der Waals surface area contributed by atoms with Crippen molar-refractivity contribution < 1.29 is 23.0 Å². The lowest BCUT2D eigenvalue weighted by molar-refractivity contribution is -0.126. The lowest BCUT2D eigenvalue weighted by Gasteiger charge is -2.28. The first-order chi connectivity index (χ1) is 17.3. The van der Waals surface area contributed by atoms with Gasteiger partial charge in [0.15, 0.2) is 11.6 Å². The number of nitrogens with one attached hydrogen (secondary N) is 2. The van der Waals surface area contributed by atoms with Gasteiger partial charge in [0.2, 0.25) is 11.9 Å². The summed E-state index contributed by atoms with van der Waals surface area (Å²) in [4.78, 5) is 23.5.